The second kappa shape index (κ2) is 18.2. The molecule has 1 aliphatic carbocycles. The van der Waals surface area contributed by atoms with E-state index in [9.17, 15) is 29.4 Å². The van der Waals surface area contributed by atoms with Crippen LogP contribution >= 0.6 is 0 Å². The molecule has 240 valence electrons. The Bertz CT molecular complexity index is 1100. The average molecular weight is 609 g/mol. The van der Waals surface area contributed by atoms with Crippen molar-refractivity contribution < 1.29 is 38.9 Å². The van der Waals surface area contributed by atoms with Crippen molar-refractivity contribution in [2.75, 3.05) is 0 Å². The Kier molecular flexibility index (Phi) is 14.4. The molecule has 3 rings (SSSR count). The van der Waals surface area contributed by atoms with Crippen molar-refractivity contribution in [3.63, 3.8) is 0 Å². The number of carboxylic acid groups (broad SMARTS) is 2. The van der Waals surface area contributed by atoms with Gasteiger partial charge in [-0.1, -0.05) is 102 Å². The lowest BCUT2D eigenvalue weighted by Crippen LogP contribution is -2.50. The van der Waals surface area contributed by atoms with Crippen LogP contribution in [0, 0.1) is 11.8 Å². The summed E-state index contributed by atoms with van der Waals surface area (Å²) in [6.07, 6.45) is 13.5. The molecule has 0 saturated heterocycles. The molecule has 1 fully saturated rings. The topological polar surface area (TPSA) is 127 Å². The molecule has 44 heavy (non-hydrogen) atoms. The van der Waals surface area contributed by atoms with E-state index < -0.39 is 35.6 Å². The van der Waals surface area contributed by atoms with Crippen molar-refractivity contribution in [2.45, 2.75) is 116 Å². The molecule has 0 radical (unpaired) electrons. The van der Waals surface area contributed by atoms with Crippen LogP contribution in [-0.4, -0.2) is 34.1 Å². The van der Waals surface area contributed by atoms with E-state index >= 15 is 0 Å². The van der Waals surface area contributed by atoms with Gasteiger partial charge in [0, 0.05) is 24.7 Å². The average Bonchev–Trinajstić information content (AvgIpc) is 2.97. The lowest BCUT2D eigenvalue weighted by atomic mass is 9.52. The maximum absolute atomic E-state index is 12.4. The SMILES string of the molecule is CCCCCCCCC(=O)Oc1ccc(C2C(C(=O)O)C(c3ccc(OC(=O)CCCCCCCC)cc3)C2C(=O)O)cc1. The number of carboxylic acids is 2. The highest BCUT2D eigenvalue weighted by Gasteiger charge is 2.58. The lowest BCUT2D eigenvalue weighted by molar-refractivity contribution is -0.160. The number of hydrogen-bond donors (Lipinski definition) is 2. The van der Waals surface area contributed by atoms with Crippen LogP contribution in [-0.2, 0) is 19.2 Å². The molecule has 1 saturated carbocycles. The first-order chi connectivity index (χ1) is 21.3. The summed E-state index contributed by atoms with van der Waals surface area (Å²) in [6, 6.07) is 12.9. The van der Waals surface area contributed by atoms with Crippen molar-refractivity contribution in [1.29, 1.82) is 0 Å². The number of esters is 2. The second-order valence-corrected chi connectivity index (χ2v) is 11.9. The molecule has 8 nitrogen and oxygen atoms in total. The molecule has 0 heterocycles. The van der Waals surface area contributed by atoms with Gasteiger partial charge < -0.3 is 19.7 Å². The third-order valence-corrected chi connectivity index (χ3v) is 8.58. The van der Waals surface area contributed by atoms with E-state index in [0.717, 1.165) is 38.5 Å². The molecule has 1 aliphatic rings. The van der Waals surface area contributed by atoms with Gasteiger partial charge >= 0.3 is 23.9 Å². The Hall–Kier alpha value is -3.68. The Balaban J connectivity index is 1.59. The summed E-state index contributed by atoms with van der Waals surface area (Å²) in [5.41, 5.74) is 1.13. The largest absolute Gasteiger partial charge is 0.481 e. The minimum atomic E-state index is -1.08. The summed E-state index contributed by atoms with van der Waals surface area (Å²) in [4.78, 5) is 49.2. The Morgan fingerprint density at radius 2 is 0.841 bits per heavy atom. The van der Waals surface area contributed by atoms with Crippen LogP contribution in [0.3, 0.4) is 0 Å². The maximum atomic E-state index is 12.4. The number of carbonyl (C=O) groups excluding carboxylic acids is 2. The van der Waals surface area contributed by atoms with Gasteiger partial charge in [-0.2, -0.15) is 0 Å². The molecule has 0 atom stereocenters. The molecular weight excluding hydrogens is 560 g/mol. The monoisotopic (exact) mass is 608 g/mol. The van der Waals surface area contributed by atoms with E-state index in [0.29, 0.717) is 35.5 Å². The summed E-state index contributed by atoms with van der Waals surface area (Å²) < 4.78 is 10.9. The molecule has 2 aromatic rings. The van der Waals surface area contributed by atoms with Gasteiger partial charge in [-0.15, -0.1) is 0 Å². The number of aliphatic carboxylic acids is 2. The molecule has 0 amide bonds. The third-order valence-electron chi connectivity index (χ3n) is 8.58. The number of hydrogen-bond acceptors (Lipinski definition) is 6. The fourth-order valence-corrected chi connectivity index (χ4v) is 6.17. The Morgan fingerprint density at radius 3 is 1.16 bits per heavy atom. The van der Waals surface area contributed by atoms with Crippen molar-refractivity contribution >= 4 is 23.9 Å². The number of carbonyl (C=O) groups is 4. The Morgan fingerprint density at radius 1 is 0.523 bits per heavy atom. The predicted octanol–water partition coefficient (Wildman–Crippen LogP) is 8.28. The van der Waals surface area contributed by atoms with E-state index in [1.807, 2.05) is 0 Å². The summed E-state index contributed by atoms with van der Waals surface area (Å²) in [7, 11) is 0. The highest BCUT2D eigenvalue weighted by Crippen LogP contribution is 2.58. The Labute approximate surface area is 261 Å². The number of unbranched alkanes of at least 4 members (excludes halogenated alkanes) is 10. The van der Waals surface area contributed by atoms with Crippen molar-refractivity contribution in [3.8, 4) is 11.5 Å². The molecule has 0 aliphatic heterocycles. The van der Waals surface area contributed by atoms with Gasteiger partial charge in [0.1, 0.15) is 11.5 Å². The van der Waals surface area contributed by atoms with Gasteiger partial charge in [0.2, 0.25) is 0 Å². The van der Waals surface area contributed by atoms with E-state index in [1.165, 1.54) is 38.5 Å². The van der Waals surface area contributed by atoms with Crippen molar-refractivity contribution in [1.82, 2.24) is 0 Å². The van der Waals surface area contributed by atoms with Gasteiger partial charge in [0.15, 0.2) is 0 Å². The summed E-state index contributed by atoms with van der Waals surface area (Å²) in [5.74, 6) is -5.53. The van der Waals surface area contributed by atoms with Crippen LogP contribution in [0.5, 0.6) is 11.5 Å². The zero-order valence-corrected chi connectivity index (χ0v) is 26.2. The molecule has 0 bridgehead atoms. The third kappa shape index (κ3) is 10.2. The first-order valence-corrected chi connectivity index (χ1v) is 16.3. The van der Waals surface area contributed by atoms with Gasteiger partial charge in [-0.05, 0) is 48.2 Å². The van der Waals surface area contributed by atoms with Crippen molar-refractivity contribution in [3.05, 3.63) is 59.7 Å². The predicted molar refractivity (Wildman–Crippen MR) is 168 cm³/mol. The minimum absolute atomic E-state index is 0.319. The standard InChI is InChI=1S/C36H48O8/c1-3-5-7-9-11-13-15-29(37)43-27-21-17-25(18-22-27)31-33(35(39)40)32(34(31)36(41)42)26-19-23-28(24-20-26)44-30(38)16-14-12-10-8-6-4-2/h17-24,31-34H,3-16H2,1-2H3,(H,39,40)(H,41,42). The highest BCUT2D eigenvalue weighted by atomic mass is 16.5. The molecule has 0 aromatic heterocycles. The normalized spacial score (nSPS) is 19.1. The van der Waals surface area contributed by atoms with E-state index in [4.69, 9.17) is 9.47 Å². The molecule has 8 heteroatoms. The number of benzene rings is 2. The first-order valence-electron chi connectivity index (χ1n) is 16.3. The summed E-state index contributed by atoms with van der Waals surface area (Å²) in [5, 5.41) is 20.2. The highest BCUT2D eigenvalue weighted by molar-refractivity contribution is 5.83. The van der Waals surface area contributed by atoms with Crippen LogP contribution in [0.15, 0.2) is 48.5 Å². The fourth-order valence-electron chi connectivity index (χ4n) is 6.17. The molecule has 2 aromatic carbocycles. The van der Waals surface area contributed by atoms with E-state index in [2.05, 4.69) is 13.8 Å². The fraction of sp³-hybridized carbons (Fsp3) is 0.556. The molecule has 0 spiro atoms. The molecule has 0 unspecified atom stereocenters. The van der Waals surface area contributed by atoms with Gasteiger partial charge in [-0.3, -0.25) is 19.2 Å². The number of rotatable bonds is 20. The van der Waals surface area contributed by atoms with Crippen LogP contribution in [0.4, 0.5) is 0 Å². The molecule has 2 N–H and O–H groups in total. The van der Waals surface area contributed by atoms with E-state index in [1.54, 1.807) is 48.5 Å². The lowest BCUT2D eigenvalue weighted by Gasteiger charge is -2.48. The van der Waals surface area contributed by atoms with Crippen LogP contribution < -0.4 is 9.47 Å². The van der Waals surface area contributed by atoms with Crippen LogP contribution in [0.1, 0.15) is 127 Å². The number of ether oxygens (including phenoxy) is 2. The van der Waals surface area contributed by atoms with Gasteiger partial charge in [-0.25, -0.2) is 0 Å². The quantitative estimate of drug-likeness (QED) is 0.0873. The zero-order valence-electron chi connectivity index (χ0n) is 26.2. The zero-order chi connectivity index (χ0) is 31.9. The first kappa shape index (κ1) is 34.8. The van der Waals surface area contributed by atoms with Crippen LogP contribution in [0.2, 0.25) is 0 Å². The van der Waals surface area contributed by atoms with E-state index in [-0.39, 0.29) is 11.9 Å². The van der Waals surface area contributed by atoms with Gasteiger partial charge in [0.05, 0.1) is 11.8 Å². The van der Waals surface area contributed by atoms with Crippen molar-refractivity contribution in [2.24, 2.45) is 11.8 Å². The smallest absolute Gasteiger partial charge is 0.311 e. The maximum Gasteiger partial charge on any atom is 0.311 e. The molecular formula is C36H48O8. The minimum Gasteiger partial charge on any atom is -0.481 e. The summed E-state index contributed by atoms with van der Waals surface area (Å²) in [6.45, 7) is 4.32. The second-order valence-electron chi connectivity index (χ2n) is 11.9. The van der Waals surface area contributed by atoms with Gasteiger partial charge in [0.25, 0.3) is 0 Å². The van der Waals surface area contributed by atoms with Crippen LogP contribution in [0.25, 0.3) is 0 Å². The summed E-state index contributed by atoms with van der Waals surface area (Å²) >= 11 is 0.